The molecule has 25 heteroatoms. The van der Waals surface area contributed by atoms with Crippen molar-refractivity contribution in [3.8, 4) is 28.7 Å². The number of fused-ring (bicyclic) bond motifs is 1. The third-order valence-electron chi connectivity index (χ3n) is 7.06. The molecule has 0 bridgehead atoms. The Morgan fingerprint density at radius 2 is 1.34 bits per heavy atom. The molecule has 2 aromatic carbocycles. The minimum absolute atomic E-state index is 0.233. The molecule has 0 unspecified atom stereocenters. The average molecular weight is 747 g/mol. The number of piperidine rings is 1. The van der Waals surface area contributed by atoms with Gasteiger partial charge in [0.25, 0.3) is 29.0 Å². The molecule has 0 saturated carbocycles. The van der Waals surface area contributed by atoms with Gasteiger partial charge >= 0.3 is 12.1 Å². The quantitative estimate of drug-likeness (QED) is 0.0607. The second kappa shape index (κ2) is 10.7. The number of phenolic OH excluding ortho intramolecular Hbond substituents is 3. The Bertz CT molecular complexity index is 1690. The van der Waals surface area contributed by atoms with Gasteiger partial charge in [-0.3, -0.25) is 0 Å². The molecule has 1 saturated heterocycles. The van der Waals surface area contributed by atoms with Crippen molar-refractivity contribution in [2.75, 3.05) is 12.4 Å². The van der Waals surface area contributed by atoms with E-state index in [1.165, 1.54) is 0 Å². The highest BCUT2D eigenvalue weighted by atomic mass is 79.9. The number of phenols is 3. The molecule has 0 radical (unpaired) electrons. The largest absolute Gasteiger partial charge is 0.504 e. The summed E-state index contributed by atoms with van der Waals surface area (Å²) < 4.78 is 23.8. The van der Waals surface area contributed by atoms with Crippen LogP contribution in [0.3, 0.4) is 0 Å². The summed E-state index contributed by atoms with van der Waals surface area (Å²) in [4.78, 5) is 5.78. The molecule has 18 N–H and O–H groups in total. The second-order valence-electron chi connectivity index (χ2n) is 9.89. The van der Waals surface area contributed by atoms with Gasteiger partial charge < -0.3 is 102 Å². The molecule has 0 aliphatic carbocycles. The summed E-state index contributed by atoms with van der Waals surface area (Å²) in [5.74, 6) is -33.5. The number of rotatable bonds is 7. The van der Waals surface area contributed by atoms with Crippen LogP contribution in [0.5, 0.6) is 28.7 Å². The molecule has 2 heterocycles. The fourth-order valence-electron chi connectivity index (χ4n) is 4.65. The molecule has 23 nitrogen and oxygen atoms in total. The Morgan fingerprint density at radius 1 is 0.809 bits per heavy atom. The molecule has 3 aromatic rings. The number of aromatic hydroxyl groups is 3. The van der Waals surface area contributed by atoms with Crippen LogP contribution in [0.2, 0.25) is 0 Å². The van der Waals surface area contributed by atoms with Crippen molar-refractivity contribution in [3.05, 3.63) is 28.7 Å². The first kappa shape index (κ1) is 36.2. The van der Waals surface area contributed by atoms with Crippen LogP contribution in [0.4, 0.5) is 15.9 Å². The van der Waals surface area contributed by atoms with E-state index in [4.69, 9.17) is 4.74 Å². The summed E-state index contributed by atoms with van der Waals surface area (Å²) in [6.07, 6.45) is -4.26. The normalized spacial score (nSPS) is 20.2. The minimum atomic E-state index is -5.43. The molecule has 0 amide bonds. The van der Waals surface area contributed by atoms with E-state index >= 15 is 0 Å². The lowest BCUT2D eigenvalue weighted by Crippen LogP contribution is -2.99. The number of benzene rings is 2. The van der Waals surface area contributed by atoms with Gasteiger partial charge in [-0.15, -0.1) is 4.90 Å². The number of hydrogen-bond acceptors (Lipinski definition) is 23. The maximum absolute atomic E-state index is 14.7. The van der Waals surface area contributed by atoms with Gasteiger partial charge in [0.05, 0.1) is 12.6 Å². The second-order valence-corrected chi connectivity index (χ2v) is 10.7. The van der Waals surface area contributed by atoms with Crippen molar-refractivity contribution >= 4 is 38.3 Å². The lowest BCUT2D eigenvalue weighted by atomic mass is 9.72. The van der Waals surface area contributed by atoms with E-state index < -0.39 is 96.5 Å². The van der Waals surface area contributed by atoms with Gasteiger partial charge in [0.1, 0.15) is 22.3 Å². The van der Waals surface area contributed by atoms with Gasteiger partial charge in [0.2, 0.25) is 0 Å². The highest BCUT2D eigenvalue weighted by Crippen LogP contribution is 2.56. The summed E-state index contributed by atoms with van der Waals surface area (Å²) in [6, 6.07) is 1.47. The number of aliphatic hydroxyl groups is 14. The Balaban J connectivity index is 1.87. The van der Waals surface area contributed by atoms with Crippen LogP contribution in [-0.4, -0.2) is 150 Å². The van der Waals surface area contributed by atoms with Crippen molar-refractivity contribution in [1.82, 2.24) is 14.9 Å². The van der Waals surface area contributed by atoms with E-state index in [1.807, 2.05) is 0 Å². The minimum Gasteiger partial charge on any atom is -0.504 e. The van der Waals surface area contributed by atoms with Gasteiger partial charge in [-0.1, -0.05) is 0 Å². The Labute approximate surface area is 265 Å². The van der Waals surface area contributed by atoms with Gasteiger partial charge in [0.15, 0.2) is 34.6 Å². The molecule has 0 atom stereocenters. The van der Waals surface area contributed by atoms with Gasteiger partial charge in [-0.2, -0.15) is 0 Å². The predicted molar refractivity (Wildman–Crippen MR) is 141 cm³/mol. The van der Waals surface area contributed by atoms with E-state index in [0.29, 0.717) is 6.07 Å². The molecular formula is C22H24BrFN4O19. The summed E-state index contributed by atoms with van der Waals surface area (Å²) in [7, 11) is 0.873. The summed E-state index contributed by atoms with van der Waals surface area (Å²) in [6.45, 7) is 0. The van der Waals surface area contributed by atoms with E-state index in [-0.39, 0.29) is 10.9 Å². The number of likely N-dealkylation sites (tertiary alicyclic amines) is 1. The third kappa shape index (κ3) is 4.77. The maximum atomic E-state index is 14.7. The van der Waals surface area contributed by atoms with Crippen molar-refractivity contribution in [2.45, 2.75) is 41.1 Å². The van der Waals surface area contributed by atoms with Gasteiger partial charge in [0, 0.05) is 11.5 Å². The number of anilines is 2. The monoisotopic (exact) mass is 746 g/mol. The molecule has 260 valence electrons. The average Bonchev–Trinajstić information content (AvgIpc) is 2.94. The molecule has 1 aromatic heterocycles. The van der Waals surface area contributed by atoms with Crippen LogP contribution < -0.4 is 14.8 Å². The molecule has 47 heavy (non-hydrogen) atoms. The zero-order valence-electron chi connectivity index (χ0n) is 22.7. The van der Waals surface area contributed by atoms with E-state index in [0.717, 1.165) is 19.5 Å². The lowest BCUT2D eigenvalue weighted by Gasteiger charge is -2.64. The first-order valence-electron chi connectivity index (χ1n) is 12.0. The number of aromatic nitrogens is 2. The number of ether oxygens (including phenoxy) is 2. The number of nitrogens with one attached hydrogen (secondary N) is 1. The molecule has 1 aliphatic rings. The molecule has 1 aliphatic heterocycles. The first-order valence-corrected chi connectivity index (χ1v) is 12.8. The van der Waals surface area contributed by atoms with Crippen LogP contribution in [-0.2, 0) is 0 Å². The zero-order valence-corrected chi connectivity index (χ0v) is 24.3. The van der Waals surface area contributed by atoms with E-state index in [1.54, 1.807) is 0 Å². The molecule has 4 rings (SSSR count). The molecule has 0 spiro atoms. The molecule has 1 fully saturated rings. The topological polar surface area (TPSA) is 403 Å². The fraction of sp³-hybridized carbons (Fsp3) is 0.364. The third-order valence-corrected chi connectivity index (χ3v) is 7.81. The van der Waals surface area contributed by atoms with Crippen molar-refractivity contribution in [2.24, 2.45) is 0 Å². The first-order chi connectivity index (χ1) is 21.1. The van der Waals surface area contributed by atoms with Crippen LogP contribution in [0.15, 0.2) is 22.9 Å². The van der Waals surface area contributed by atoms with Crippen LogP contribution in [0.1, 0.15) is 0 Å². The Morgan fingerprint density at radius 3 is 1.83 bits per heavy atom. The van der Waals surface area contributed by atoms with Crippen molar-refractivity contribution in [3.63, 3.8) is 0 Å². The number of hydrogen-bond donors (Lipinski definition) is 18. The summed E-state index contributed by atoms with van der Waals surface area (Å²) >= 11 is 2.67. The fourth-order valence-corrected chi connectivity index (χ4v) is 5.01. The van der Waals surface area contributed by atoms with E-state index in [2.05, 4.69) is 36.0 Å². The van der Waals surface area contributed by atoms with E-state index in [9.17, 15) is 91.2 Å². The van der Waals surface area contributed by atoms with Crippen molar-refractivity contribution < 1.29 is 101 Å². The van der Waals surface area contributed by atoms with Crippen molar-refractivity contribution in [1.29, 1.82) is 0 Å². The SMILES string of the molecule is COc1cc2c(Nc3c(O)c(O)c(Br)c(O)c3F)ncnc2cc1OC(O)(O)C1(O)C(O)(O)C(O)(O)N(C(O)(O)O)C(O)(O)C1(O)O. The lowest BCUT2D eigenvalue weighted by molar-refractivity contribution is -0.665. The number of halogens is 2. The number of methoxy groups -OCH3 is 1. The number of nitrogens with zero attached hydrogens (tertiary/aromatic N) is 3. The standard InChI is InChI=1S/C22H24BrFN4O19/c1-46-7-2-5-6(25-4-26-15(5)27-11-10(24)12(29)9(23)13(30)14(11)31)3-8(7)47-21(41,42)16(32)17(33,34)19(37,38)28(22(43,44)45)20(39,40)18(16,35)36/h2-4,29-45H,1H3,(H,25,26,27). The summed E-state index contributed by atoms with van der Waals surface area (Å²) in [5.41, 5.74) is -6.74. The predicted octanol–water partition coefficient (Wildman–Crippen LogP) is -6.31. The zero-order chi connectivity index (χ0) is 36.1. The molecular weight excluding hydrogens is 723 g/mol. The van der Waals surface area contributed by atoms with Gasteiger partial charge in [-0.25, -0.2) is 14.4 Å². The van der Waals surface area contributed by atoms with Gasteiger partial charge in [-0.05, 0) is 22.0 Å². The van der Waals surface area contributed by atoms with Crippen LogP contribution in [0.25, 0.3) is 10.9 Å². The van der Waals surface area contributed by atoms with Crippen LogP contribution >= 0.6 is 15.9 Å². The Kier molecular flexibility index (Phi) is 8.25. The van der Waals surface area contributed by atoms with Crippen LogP contribution in [0, 0.1) is 5.82 Å². The summed E-state index contributed by atoms with van der Waals surface area (Å²) in [5, 5.41) is 175. The maximum Gasteiger partial charge on any atom is 0.364 e. The Hall–Kier alpha value is -3.61. The highest BCUT2D eigenvalue weighted by Gasteiger charge is 2.93. The smallest absolute Gasteiger partial charge is 0.364 e. The highest BCUT2D eigenvalue weighted by molar-refractivity contribution is 9.10.